The molecule has 0 radical (unpaired) electrons. The third-order valence-electron chi connectivity index (χ3n) is 5.88. The molecule has 1 aromatic heterocycles. The summed E-state index contributed by atoms with van der Waals surface area (Å²) in [4.78, 5) is 43.7. The Bertz CT molecular complexity index is 1400. The topological polar surface area (TPSA) is 106 Å². The molecule has 3 aromatic carbocycles. The van der Waals surface area contributed by atoms with Gasteiger partial charge in [0.1, 0.15) is 18.4 Å². The van der Waals surface area contributed by atoms with Crippen molar-refractivity contribution in [2.45, 2.75) is 20.0 Å². The van der Waals surface area contributed by atoms with E-state index in [2.05, 4.69) is 15.4 Å². The van der Waals surface area contributed by atoms with Crippen LogP contribution in [0.25, 0.3) is 5.69 Å². The summed E-state index contributed by atoms with van der Waals surface area (Å²) in [5, 5.41) is 7.02. The minimum Gasteiger partial charge on any atom is -0.493 e. The molecule has 0 unspecified atom stereocenters. The van der Waals surface area contributed by atoms with Crippen LogP contribution in [0.4, 0.5) is 0 Å². The number of nitrogens with one attached hydrogen (secondary N) is 1. The Morgan fingerprint density at radius 3 is 2.28 bits per heavy atom. The zero-order valence-corrected chi connectivity index (χ0v) is 19.5. The van der Waals surface area contributed by atoms with Gasteiger partial charge in [-0.1, -0.05) is 30.3 Å². The third-order valence-corrected chi connectivity index (χ3v) is 5.88. The van der Waals surface area contributed by atoms with Crippen molar-refractivity contribution >= 4 is 17.7 Å². The van der Waals surface area contributed by atoms with E-state index >= 15 is 0 Å². The zero-order valence-electron chi connectivity index (χ0n) is 19.5. The van der Waals surface area contributed by atoms with E-state index in [0.29, 0.717) is 41.2 Å². The second-order valence-electron chi connectivity index (χ2n) is 8.19. The van der Waals surface area contributed by atoms with Gasteiger partial charge in [-0.15, -0.1) is 0 Å². The van der Waals surface area contributed by atoms with Crippen LogP contribution in [-0.2, 0) is 13.1 Å². The second kappa shape index (κ2) is 9.83. The van der Waals surface area contributed by atoms with E-state index in [1.807, 2.05) is 31.2 Å². The van der Waals surface area contributed by atoms with E-state index in [9.17, 15) is 14.4 Å². The lowest BCUT2D eigenvalue weighted by Crippen LogP contribution is -2.29. The first-order valence-corrected chi connectivity index (χ1v) is 11.5. The van der Waals surface area contributed by atoms with Gasteiger partial charge in [0.25, 0.3) is 17.7 Å². The van der Waals surface area contributed by atoms with E-state index in [0.717, 1.165) is 11.3 Å². The van der Waals surface area contributed by atoms with Crippen LogP contribution in [0.3, 0.4) is 0 Å². The van der Waals surface area contributed by atoms with Crippen molar-refractivity contribution in [1.29, 1.82) is 0 Å². The van der Waals surface area contributed by atoms with Crippen molar-refractivity contribution in [3.05, 3.63) is 107 Å². The molecule has 0 saturated carbocycles. The summed E-state index contributed by atoms with van der Waals surface area (Å²) in [6.07, 6.45) is 3.08. The summed E-state index contributed by atoms with van der Waals surface area (Å²) >= 11 is 0. The van der Waals surface area contributed by atoms with E-state index in [4.69, 9.17) is 4.74 Å². The van der Waals surface area contributed by atoms with Crippen molar-refractivity contribution in [2.75, 3.05) is 6.61 Å². The zero-order chi connectivity index (χ0) is 25.1. The maximum absolute atomic E-state index is 13.1. The Labute approximate surface area is 207 Å². The average molecular weight is 482 g/mol. The largest absolute Gasteiger partial charge is 0.493 e. The number of fused-ring (bicyclic) bond motifs is 1. The maximum Gasteiger partial charge on any atom is 0.261 e. The molecule has 9 heteroatoms. The highest BCUT2D eigenvalue weighted by Crippen LogP contribution is 2.26. The Balaban J connectivity index is 1.31. The number of imide groups is 1. The van der Waals surface area contributed by atoms with Gasteiger partial charge >= 0.3 is 0 Å². The molecule has 9 nitrogen and oxygen atoms in total. The lowest BCUT2D eigenvalue weighted by atomic mass is 10.1. The molecule has 5 rings (SSSR count). The molecule has 0 fully saturated rings. The van der Waals surface area contributed by atoms with E-state index < -0.39 is 0 Å². The van der Waals surface area contributed by atoms with Crippen LogP contribution in [0.1, 0.15) is 49.1 Å². The highest BCUT2D eigenvalue weighted by atomic mass is 16.5. The molecule has 0 atom stereocenters. The molecular formula is C27H23N5O4. The fourth-order valence-corrected chi connectivity index (χ4v) is 4.09. The summed E-state index contributed by atoms with van der Waals surface area (Å²) in [6.45, 7) is 2.60. The van der Waals surface area contributed by atoms with Gasteiger partial charge in [0.2, 0.25) is 0 Å². The van der Waals surface area contributed by atoms with Crippen LogP contribution < -0.4 is 10.1 Å². The maximum atomic E-state index is 13.1. The third kappa shape index (κ3) is 4.46. The second-order valence-corrected chi connectivity index (χ2v) is 8.19. The molecule has 3 amide bonds. The SMILES string of the molecule is CCOc1ccc(CN2C(=O)c3ccccc3C2=O)cc1C(=O)NCc1ccc(-n2cncn2)cc1. The molecule has 1 aliphatic rings. The van der Waals surface area contributed by atoms with E-state index in [1.165, 1.54) is 11.2 Å². The summed E-state index contributed by atoms with van der Waals surface area (Å²) in [5.41, 5.74) is 3.54. The summed E-state index contributed by atoms with van der Waals surface area (Å²) < 4.78 is 7.31. The molecule has 0 spiro atoms. The number of ether oxygens (including phenoxy) is 1. The Kier molecular flexibility index (Phi) is 6.27. The Morgan fingerprint density at radius 2 is 1.64 bits per heavy atom. The quantitative estimate of drug-likeness (QED) is 0.387. The number of carbonyl (C=O) groups is 3. The predicted octanol–water partition coefficient (Wildman–Crippen LogP) is 3.39. The van der Waals surface area contributed by atoms with Crippen LogP contribution in [0.2, 0.25) is 0 Å². The first-order valence-electron chi connectivity index (χ1n) is 11.5. The van der Waals surface area contributed by atoms with E-state index in [-0.39, 0.29) is 24.3 Å². The van der Waals surface area contributed by atoms with Crippen LogP contribution in [0.5, 0.6) is 5.75 Å². The smallest absolute Gasteiger partial charge is 0.261 e. The molecule has 0 bridgehead atoms. The van der Waals surface area contributed by atoms with Crippen molar-refractivity contribution in [2.24, 2.45) is 0 Å². The lowest BCUT2D eigenvalue weighted by Gasteiger charge is -2.16. The standard InChI is InChI=1S/C27H23N5O4/c1-2-36-24-12-9-19(15-31-26(34)21-5-3-4-6-22(21)27(31)35)13-23(24)25(33)29-14-18-7-10-20(11-8-18)32-17-28-16-30-32/h3-13,16-17H,2,14-15H2,1H3,(H,29,33). The van der Waals surface area contributed by atoms with Gasteiger partial charge < -0.3 is 10.1 Å². The number of rotatable bonds is 8. The number of amides is 3. The van der Waals surface area contributed by atoms with Crippen LogP contribution >= 0.6 is 0 Å². The predicted molar refractivity (Wildman–Crippen MR) is 131 cm³/mol. The average Bonchev–Trinajstić information content (AvgIpc) is 3.53. The Morgan fingerprint density at radius 1 is 0.944 bits per heavy atom. The highest BCUT2D eigenvalue weighted by molar-refractivity contribution is 6.21. The molecule has 0 saturated heterocycles. The molecule has 0 aliphatic carbocycles. The highest BCUT2D eigenvalue weighted by Gasteiger charge is 2.35. The molecule has 180 valence electrons. The summed E-state index contributed by atoms with van der Waals surface area (Å²) in [6, 6.07) is 19.5. The molecular weight excluding hydrogens is 458 g/mol. The summed E-state index contributed by atoms with van der Waals surface area (Å²) in [7, 11) is 0. The monoisotopic (exact) mass is 481 g/mol. The Hall–Kier alpha value is -4.79. The van der Waals surface area contributed by atoms with Crippen molar-refractivity contribution < 1.29 is 19.1 Å². The molecule has 1 aliphatic heterocycles. The number of benzene rings is 3. The fraction of sp³-hybridized carbons (Fsp3) is 0.148. The number of hydrogen-bond acceptors (Lipinski definition) is 6. The van der Waals surface area contributed by atoms with Gasteiger partial charge in [0.15, 0.2) is 0 Å². The normalized spacial score (nSPS) is 12.5. The number of carbonyl (C=O) groups excluding carboxylic acids is 3. The van der Waals surface area contributed by atoms with Gasteiger partial charge in [0, 0.05) is 6.54 Å². The van der Waals surface area contributed by atoms with Crippen molar-refractivity contribution in [3.63, 3.8) is 0 Å². The lowest BCUT2D eigenvalue weighted by molar-refractivity contribution is 0.0642. The van der Waals surface area contributed by atoms with Gasteiger partial charge in [-0.05, 0) is 54.4 Å². The van der Waals surface area contributed by atoms with Crippen LogP contribution in [0, 0.1) is 0 Å². The molecule has 2 heterocycles. The fourth-order valence-electron chi connectivity index (χ4n) is 4.09. The van der Waals surface area contributed by atoms with Crippen LogP contribution in [-0.4, -0.2) is 44.0 Å². The molecule has 4 aromatic rings. The molecule has 36 heavy (non-hydrogen) atoms. The minimum atomic E-state index is -0.343. The van der Waals surface area contributed by atoms with Gasteiger partial charge in [0.05, 0.1) is 35.5 Å². The number of hydrogen-bond donors (Lipinski definition) is 1. The first kappa shape index (κ1) is 23.0. The first-order chi connectivity index (χ1) is 17.5. The van der Waals surface area contributed by atoms with Gasteiger partial charge in [-0.3, -0.25) is 19.3 Å². The minimum absolute atomic E-state index is 0.0583. The summed E-state index contributed by atoms with van der Waals surface area (Å²) in [5.74, 6) is -0.569. The van der Waals surface area contributed by atoms with Gasteiger partial charge in [-0.2, -0.15) is 5.10 Å². The van der Waals surface area contributed by atoms with E-state index in [1.54, 1.807) is 53.5 Å². The van der Waals surface area contributed by atoms with Gasteiger partial charge in [-0.25, -0.2) is 9.67 Å². The molecule has 1 N–H and O–H groups in total. The van der Waals surface area contributed by atoms with Crippen molar-refractivity contribution in [3.8, 4) is 11.4 Å². The van der Waals surface area contributed by atoms with Crippen molar-refractivity contribution in [1.82, 2.24) is 25.0 Å². The van der Waals surface area contributed by atoms with Crippen LogP contribution in [0.15, 0.2) is 79.4 Å². The number of aromatic nitrogens is 3. The number of nitrogens with zero attached hydrogens (tertiary/aromatic N) is 4.